The molecule has 1 amide bonds. The minimum Gasteiger partial charge on any atom is -0.438 e. The van der Waals surface area contributed by atoms with Gasteiger partial charge in [0.2, 0.25) is 5.76 Å². The predicted molar refractivity (Wildman–Crippen MR) is 77.5 cm³/mol. The smallest absolute Gasteiger partial charge is 0.438 e. The number of alkyl halides is 3. The topological polar surface area (TPSA) is 64.4 Å². The summed E-state index contributed by atoms with van der Waals surface area (Å²) in [4.78, 5) is 15.6. The number of carbonyl (C=O) groups excluding carboxylic acids is 1. The molecule has 1 aromatic carbocycles. The molecule has 24 heavy (non-hydrogen) atoms. The molecule has 1 heterocycles. The van der Waals surface area contributed by atoms with E-state index in [0.29, 0.717) is 12.1 Å². The van der Waals surface area contributed by atoms with Gasteiger partial charge in [-0.1, -0.05) is 18.6 Å². The predicted octanol–water partition coefficient (Wildman–Crippen LogP) is 3.42. The van der Waals surface area contributed by atoms with Gasteiger partial charge in [0.25, 0.3) is 5.91 Å². The molecule has 1 saturated carbocycles. The Morgan fingerprint density at radius 2 is 2.17 bits per heavy atom. The fourth-order valence-electron chi connectivity index (χ4n) is 2.86. The van der Waals surface area contributed by atoms with Crippen LogP contribution in [0.1, 0.15) is 35.4 Å². The molecule has 3 rings (SSSR count). The van der Waals surface area contributed by atoms with Crippen molar-refractivity contribution < 1.29 is 27.1 Å². The van der Waals surface area contributed by atoms with Crippen LogP contribution in [0.15, 0.2) is 41.3 Å². The maximum atomic E-state index is 12.4. The number of halogens is 3. The third-order valence-electron chi connectivity index (χ3n) is 4.23. The van der Waals surface area contributed by atoms with Crippen molar-refractivity contribution in [2.75, 3.05) is 6.54 Å². The molecule has 5 nitrogen and oxygen atoms in total. The van der Waals surface area contributed by atoms with Gasteiger partial charge in [-0.2, -0.15) is 0 Å². The molecule has 0 unspecified atom stereocenters. The number of hydrogen-bond acceptors (Lipinski definition) is 4. The first kappa shape index (κ1) is 16.4. The molecule has 1 aliphatic rings. The highest BCUT2D eigenvalue weighted by molar-refractivity contribution is 5.91. The number of rotatable bonds is 5. The van der Waals surface area contributed by atoms with Crippen molar-refractivity contribution in [2.24, 2.45) is 0 Å². The van der Waals surface area contributed by atoms with Crippen LogP contribution < -0.4 is 10.1 Å². The van der Waals surface area contributed by atoms with E-state index >= 15 is 0 Å². The van der Waals surface area contributed by atoms with Crippen LogP contribution >= 0.6 is 0 Å². The van der Waals surface area contributed by atoms with Crippen molar-refractivity contribution in [1.29, 1.82) is 0 Å². The van der Waals surface area contributed by atoms with Crippen molar-refractivity contribution in [2.45, 2.75) is 31.0 Å². The van der Waals surface area contributed by atoms with Gasteiger partial charge >= 0.3 is 6.36 Å². The zero-order valence-corrected chi connectivity index (χ0v) is 12.6. The van der Waals surface area contributed by atoms with E-state index in [1.807, 2.05) is 0 Å². The van der Waals surface area contributed by atoms with E-state index < -0.39 is 12.3 Å². The number of hydrogen-bond donors (Lipinski definition) is 1. The van der Waals surface area contributed by atoms with Gasteiger partial charge in [0.05, 0.1) is 6.20 Å². The van der Waals surface area contributed by atoms with Gasteiger partial charge < -0.3 is 14.5 Å². The first-order valence-corrected chi connectivity index (χ1v) is 7.41. The second-order valence-electron chi connectivity index (χ2n) is 5.76. The molecule has 0 saturated heterocycles. The molecule has 0 atom stereocenters. The normalized spacial score (nSPS) is 16.3. The van der Waals surface area contributed by atoms with Crippen LogP contribution in [0.5, 0.6) is 5.75 Å². The molecule has 1 fully saturated rings. The number of ether oxygens (including phenoxy) is 1. The van der Waals surface area contributed by atoms with Gasteiger partial charge in [-0.3, -0.25) is 4.79 Å². The number of nitrogens with zero attached hydrogens (tertiary/aromatic N) is 1. The molecule has 1 aliphatic carbocycles. The van der Waals surface area contributed by atoms with Crippen LogP contribution in [-0.4, -0.2) is 23.8 Å². The maximum absolute atomic E-state index is 12.4. The Hall–Kier alpha value is -2.51. The molecule has 0 spiro atoms. The lowest BCUT2D eigenvalue weighted by atomic mass is 9.64. The fraction of sp³-hybridized carbons (Fsp3) is 0.375. The van der Waals surface area contributed by atoms with Gasteiger partial charge in [0.15, 0.2) is 6.39 Å². The zero-order valence-electron chi connectivity index (χ0n) is 12.6. The highest BCUT2D eigenvalue weighted by Gasteiger charge is 2.40. The van der Waals surface area contributed by atoms with E-state index in [4.69, 9.17) is 4.42 Å². The van der Waals surface area contributed by atoms with Gasteiger partial charge in [-0.05, 0) is 30.5 Å². The van der Waals surface area contributed by atoms with Crippen LogP contribution in [0, 0.1) is 0 Å². The summed E-state index contributed by atoms with van der Waals surface area (Å²) in [5.74, 6) is -0.562. The number of aromatic nitrogens is 1. The second kappa shape index (κ2) is 6.18. The summed E-state index contributed by atoms with van der Waals surface area (Å²) >= 11 is 0. The van der Waals surface area contributed by atoms with Gasteiger partial charge in [-0.25, -0.2) is 4.98 Å². The molecular weight excluding hydrogens is 325 g/mol. The van der Waals surface area contributed by atoms with Gasteiger partial charge in [-0.15, -0.1) is 13.2 Å². The largest absolute Gasteiger partial charge is 0.573 e. The van der Waals surface area contributed by atoms with Crippen LogP contribution in [0.4, 0.5) is 13.2 Å². The maximum Gasteiger partial charge on any atom is 0.573 e. The number of amides is 1. The van der Waals surface area contributed by atoms with E-state index in [0.717, 1.165) is 25.7 Å². The number of benzene rings is 1. The average Bonchev–Trinajstić information content (AvgIpc) is 2.98. The summed E-state index contributed by atoms with van der Waals surface area (Å²) in [6.45, 7) is 0.308. The van der Waals surface area contributed by atoms with Crippen molar-refractivity contribution in [3.05, 3.63) is 48.2 Å². The third kappa shape index (κ3) is 3.52. The van der Waals surface area contributed by atoms with E-state index in [1.165, 1.54) is 24.4 Å². The Morgan fingerprint density at radius 1 is 1.38 bits per heavy atom. The number of nitrogens with one attached hydrogen (secondary N) is 1. The Labute approximate surface area is 135 Å². The van der Waals surface area contributed by atoms with Crippen LogP contribution in [0.2, 0.25) is 0 Å². The Morgan fingerprint density at radius 3 is 2.75 bits per heavy atom. The van der Waals surface area contributed by atoms with Gasteiger partial charge in [0.1, 0.15) is 5.75 Å². The minimum absolute atomic E-state index is 0.0960. The molecule has 0 radical (unpaired) electrons. The second-order valence-corrected chi connectivity index (χ2v) is 5.76. The summed E-state index contributed by atoms with van der Waals surface area (Å²) in [6, 6.07) is 5.92. The summed E-state index contributed by atoms with van der Waals surface area (Å²) < 4.78 is 46.0. The Balaban J connectivity index is 1.73. The Kier molecular flexibility index (Phi) is 4.21. The standard InChI is InChI=1S/C16H15F3N2O3/c17-16(18,19)24-12-4-1-3-11(7-12)15(5-2-6-15)9-21-14(22)13-8-20-10-23-13/h1,3-4,7-8,10H,2,5-6,9H2,(H,21,22). The Bertz CT molecular complexity index is 710. The highest BCUT2D eigenvalue weighted by Crippen LogP contribution is 2.44. The van der Waals surface area contributed by atoms with E-state index in [1.54, 1.807) is 6.07 Å². The first-order chi connectivity index (χ1) is 11.4. The molecule has 128 valence electrons. The molecule has 8 heteroatoms. The molecular formula is C16H15F3N2O3. The van der Waals surface area contributed by atoms with Gasteiger partial charge in [0, 0.05) is 12.0 Å². The molecule has 1 aromatic heterocycles. The fourth-order valence-corrected chi connectivity index (χ4v) is 2.86. The highest BCUT2D eigenvalue weighted by atomic mass is 19.4. The van der Waals surface area contributed by atoms with Crippen molar-refractivity contribution in [1.82, 2.24) is 10.3 Å². The van der Waals surface area contributed by atoms with Crippen molar-refractivity contribution >= 4 is 5.91 Å². The molecule has 0 bridgehead atoms. The lowest BCUT2D eigenvalue weighted by Gasteiger charge is -2.42. The lowest BCUT2D eigenvalue weighted by Crippen LogP contribution is -2.45. The van der Waals surface area contributed by atoms with Crippen molar-refractivity contribution in [3.63, 3.8) is 0 Å². The van der Waals surface area contributed by atoms with E-state index in [-0.39, 0.29) is 16.9 Å². The molecule has 2 aromatic rings. The van der Waals surface area contributed by atoms with E-state index in [2.05, 4.69) is 15.0 Å². The molecule has 0 aliphatic heterocycles. The van der Waals surface area contributed by atoms with E-state index in [9.17, 15) is 18.0 Å². The summed E-state index contributed by atoms with van der Waals surface area (Å²) in [5.41, 5.74) is 0.328. The third-order valence-corrected chi connectivity index (χ3v) is 4.23. The quantitative estimate of drug-likeness (QED) is 0.906. The zero-order chi connectivity index (χ0) is 17.2. The van der Waals surface area contributed by atoms with Crippen LogP contribution in [0.25, 0.3) is 0 Å². The lowest BCUT2D eigenvalue weighted by molar-refractivity contribution is -0.274. The average molecular weight is 340 g/mol. The first-order valence-electron chi connectivity index (χ1n) is 7.41. The number of oxazole rings is 1. The van der Waals surface area contributed by atoms with Crippen LogP contribution in [0.3, 0.4) is 0 Å². The minimum atomic E-state index is -4.73. The summed E-state index contributed by atoms with van der Waals surface area (Å²) in [7, 11) is 0. The summed E-state index contributed by atoms with van der Waals surface area (Å²) in [5, 5.41) is 2.76. The molecule has 1 N–H and O–H groups in total. The SMILES string of the molecule is O=C(NCC1(c2cccc(OC(F)(F)F)c2)CCC1)c1cnco1. The monoisotopic (exact) mass is 340 g/mol. The number of carbonyl (C=O) groups is 1. The van der Waals surface area contributed by atoms with Crippen molar-refractivity contribution in [3.8, 4) is 5.75 Å². The van der Waals surface area contributed by atoms with Crippen LogP contribution in [-0.2, 0) is 5.41 Å². The summed E-state index contributed by atoms with van der Waals surface area (Å²) in [6.07, 6.45) is 0.235.